The molecule has 19 heavy (non-hydrogen) atoms. The van der Waals surface area contributed by atoms with E-state index < -0.39 is 0 Å². The summed E-state index contributed by atoms with van der Waals surface area (Å²) in [4.78, 5) is 5.13. The lowest BCUT2D eigenvalue weighted by Gasteiger charge is -2.35. The van der Waals surface area contributed by atoms with Crippen LogP contribution >= 0.6 is 0 Å². The van der Waals surface area contributed by atoms with E-state index in [1.165, 1.54) is 31.5 Å². The van der Waals surface area contributed by atoms with Gasteiger partial charge in [-0.15, -0.1) is 0 Å². The topological polar surface area (TPSA) is 41.7 Å². The highest BCUT2D eigenvalue weighted by molar-refractivity contribution is 5.47. The molecule has 0 amide bonds. The van der Waals surface area contributed by atoms with Gasteiger partial charge in [0.15, 0.2) is 0 Å². The van der Waals surface area contributed by atoms with Crippen LogP contribution in [0.3, 0.4) is 0 Å². The van der Waals surface area contributed by atoms with Crippen molar-refractivity contribution in [2.75, 3.05) is 39.0 Å². The minimum Gasteiger partial charge on any atom is -0.496 e. The minimum atomic E-state index is 0.812. The molecule has 2 N–H and O–H groups in total. The molecule has 4 heteroatoms. The molecule has 1 aliphatic heterocycles. The molecule has 0 radical (unpaired) electrons. The third-order valence-electron chi connectivity index (χ3n) is 4.17. The van der Waals surface area contributed by atoms with E-state index in [9.17, 15) is 0 Å². The van der Waals surface area contributed by atoms with Crippen molar-refractivity contribution in [3.05, 3.63) is 23.8 Å². The summed E-state index contributed by atoms with van der Waals surface area (Å²) in [7, 11) is 1.72. The molecule has 1 aliphatic carbocycles. The van der Waals surface area contributed by atoms with Crippen LogP contribution in [0.15, 0.2) is 18.2 Å². The number of piperazine rings is 1. The number of ether oxygens (including phenoxy) is 1. The van der Waals surface area contributed by atoms with Gasteiger partial charge >= 0.3 is 0 Å². The molecule has 0 bridgehead atoms. The number of methoxy groups -OCH3 is 1. The van der Waals surface area contributed by atoms with Gasteiger partial charge in [0.05, 0.1) is 7.11 Å². The highest BCUT2D eigenvalue weighted by atomic mass is 16.5. The van der Waals surface area contributed by atoms with Crippen LogP contribution in [0, 0.1) is 0 Å². The molecule has 1 aromatic rings. The van der Waals surface area contributed by atoms with E-state index in [0.717, 1.165) is 37.1 Å². The third-order valence-corrected chi connectivity index (χ3v) is 4.17. The van der Waals surface area contributed by atoms with Crippen molar-refractivity contribution in [3.8, 4) is 5.75 Å². The van der Waals surface area contributed by atoms with Crippen molar-refractivity contribution in [2.24, 2.45) is 0 Å². The van der Waals surface area contributed by atoms with Gasteiger partial charge < -0.3 is 10.5 Å². The Labute approximate surface area is 115 Å². The predicted octanol–water partition coefficient (Wildman–Crippen LogP) is 1.56. The second-order valence-corrected chi connectivity index (χ2v) is 5.61. The van der Waals surface area contributed by atoms with Crippen molar-refractivity contribution < 1.29 is 4.74 Å². The molecule has 1 saturated heterocycles. The van der Waals surface area contributed by atoms with E-state index in [1.54, 1.807) is 7.11 Å². The fourth-order valence-corrected chi connectivity index (χ4v) is 2.89. The lowest BCUT2D eigenvalue weighted by atomic mass is 10.1. The lowest BCUT2D eigenvalue weighted by molar-refractivity contribution is 0.121. The Kier molecular flexibility index (Phi) is 3.62. The Hall–Kier alpha value is -1.26. The van der Waals surface area contributed by atoms with E-state index in [1.807, 2.05) is 18.2 Å². The molecule has 4 nitrogen and oxygen atoms in total. The fourth-order valence-electron chi connectivity index (χ4n) is 2.89. The van der Waals surface area contributed by atoms with E-state index in [0.29, 0.717) is 0 Å². The van der Waals surface area contributed by atoms with E-state index in [-0.39, 0.29) is 0 Å². The van der Waals surface area contributed by atoms with Gasteiger partial charge in [0, 0.05) is 50.0 Å². The van der Waals surface area contributed by atoms with Crippen molar-refractivity contribution >= 4 is 5.69 Å². The number of nitrogens with zero attached hydrogens (tertiary/aromatic N) is 2. The van der Waals surface area contributed by atoms with Crippen LogP contribution in [0.1, 0.15) is 18.4 Å². The number of rotatable bonds is 4. The van der Waals surface area contributed by atoms with Crippen LogP contribution in [0.4, 0.5) is 5.69 Å². The van der Waals surface area contributed by atoms with Gasteiger partial charge in [-0.25, -0.2) is 0 Å². The maximum Gasteiger partial charge on any atom is 0.123 e. The van der Waals surface area contributed by atoms with Crippen molar-refractivity contribution in [1.82, 2.24) is 9.80 Å². The first kappa shape index (κ1) is 12.8. The zero-order valence-corrected chi connectivity index (χ0v) is 11.6. The van der Waals surface area contributed by atoms with Gasteiger partial charge in [0.1, 0.15) is 5.75 Å². The number of benzene rings is 1. The van der Waals surface area contributed by atoms with Crippen LogP contribution in [-0.2, 0) is 6.54 Å². The first-order valence-electron chi connectivity index (χ1n) is 7.15. The molecule has 0 spiro atoms. The number of hydrogen-bond acceptors (Lipinski definition) is 4. The zero-order valence-electron chi connectivity index (χ0n) is 11.6. The molecular weight excluding hydrogens is 238 g/mol. The van der Waals surface area contributed by atoms with Crippen LogP contribution in [0.5, 0.6) is 5.75 Å². The summed E-state index contributed by atoms with van der Waals surface area (Å²) in [5.74, 6) is 0.943. The summed E-state index contributed by atoms with van der Waals surface area (Å²) < 4.78 is 5.42. The van der Waals surface area contributed by atoms with E-state index in [2.05, 4.69) is 9.80 Å². The van der Waals surface area contributed by atoms with Crippen LogP contribution in [0.25, 0.3) is 0 Å². The van der Waals surface area contributed by atoms with Crippen molar-refractivity contribution in [1.29, 1.82) is 0 Å². The Bertz CT molecular complexity index is 437. The zero-order chi connectivity index (χ0) is 13.2. The summed E-state index contributed by atoms with van der Waals surface area (Å²) >= 11 is 0. The smallest absolute Gasteiger partial charge is 0.123 e. The fraction of sp³-hybridized carbons (Fsp3) is 0.600. The van der Waals surface area contributed by atoms with Gasteiger partial charge in [0.2, 0.25) is 0 Å². The molecule has 0 atom stereocenters. The summed E-state index contributed by atoms with van der Waals surface area (Å²) in [6, 6.07) is 6.79. The first-order valence-corrected chi connectivity index (χ1v) is 7.15. The molecule has 2 fully saturated rings. The molecule has 1 saturated carbocycles. The Balaban J connectivity index is 1.60. The lowest BCUT2D eigenvalue weighted by Crippen LogP contribution is -2.46. The second kappa shape index (κ2) is 5.39. The summed E-state index contributed by atoms with van der Waals surface area (Å²) in [5.41, 5.74) is 7.88. The molecule has 0 aromatic heterocycles. The molecule has 2 aliphatic rings. The predicted molar refractivity (Wildman–Crippen MR) is 77.3 cm³/mol. The van der Waals surface area contributed by atoms with Gasteiger partial charge in [-0.2, -0.15) is 0 Å². The Morgan fingerprint density at radius 1 is 1.21 bits per heavy atom. The largest absolute Gasteiger partial charge is 0.496 e. The molecule has 104 valence electrons. The maximum absolute atomic E-state index is 5.88. The SMILES string of the molecule is COc1ccc(N)cc1CN1CCN(C2CC2)CC1. The Morgan fingerprint density at radius 3 is 2.58 bits per heavy atom. The highest BCUT2D eigenvalue weighted by Gasteiger charge is 2.31. The molecule has 3 rings (SSSR count). The van der Waals surface area contributed by atoms with E-state index in [4.69, 9.17) is 10.5 Å². The summed E-state index contributed by atoms with van der Waals surface area (Å²) in [6.45, 7) is 5.64. The van der Waals surface area contributed by atoms with Crippen molar-refractivity contribution in [2.45, 2.75) is 25.4 Å². The second-order valence-electron chi connectivity index (χ2n) is 5.61. The Morgan fingerprint density at radius 2 is 1.95 bits per heavy atom. The summed E-state index contributed by atoms with van der Waals surface area (Å²) in [5, 5.41) is 0. The first-order chi connectivity index (χ1) is 9.26. The number of hydrogen-bond donors (Lipinski definition) is 1. The number of anilines is 1. The quantitative estimate of drug-likeness (QED) is 0.835. The van der Waals surface area contributed by atoms with Gasteiger partial charge in [-0.3, -0.25) is 9.80 Å². The molecule has 1 heterocycles. The molecule has 1 aromatic carbocycles. The van der Waals surface area contributed by atoms with Gasteiger partial charge in [-0.05, 0) is 31.0 Å². The minimum absolute atomic E-state index is 0.812. The number of nitrogens with two attached hydrogens (primary N) is 1. The number of nitrogen functional groups attached to an aromatic ring is 1. The monoisotopic (exact) mass is 261 g/mol. The molecular formula is C15H23N3O. The standard InChI is InChI=1S/C15H23N3O/c1-19-15-5-2-13(16)10-12(15)11-17-6-8-18(9-7-17)14-3-4-14/h2,5,10,14H,3-4,6-9,11,16H2,1H3. The van der Waals surface area contributed by atoms with E-state index >= 15 is 0 Å². The van der Waals surface area contributed by atoms with Crippen LogP contribution in [-0.4, -0.2) is 49.1 Å². The van der Waals surface area contributed by atoms with Crippen LogP contribution in [0.2, 0.25) is 0 Å². The highest BCUT2D eigenvalue weighted by Crippen LogP contribution is 2.28. The normalized spacial score (nSPS) is 21.5. The average molecular weight is 261 g/mol. The van der Waals surface area contributed by atoms with Crippen LogP contribution < -0.4 is 10.5 Å². The molecule has 0 unspecified atom stereocenters. The summed E-state index contributed by atoms with van der Waals surface area (Å²) in [6.07, 6.45) is 2.81. The maximum atomic E-state index is 5.88. The van der Waals surface area contributed by atoms with Gasteiger partial charge in [-0.1, -0.05) is 0 Å². The average Bonchev–Trinajstić information content (AvgIpc) is 3.24. The third kappa shape index (κ3) is 3.01. The van der Waals surface area contributed by atoms with Gasteiger partial charge in [0.25, 0.3) is 0 Å². The van der Waals surface area contributed by atoms with Crippen molar-refractivity contribution in [3.63, 3.8) is 0 Å².